The molecule has 1 N–H and O–H groups in total. The minimum Gasteiger partial charge on any atom is -0.394 e. The van der Waals surface area contributed by atoms with E-state index in [2.05, 4.69) is 19.1 Å². The first-order valence-electron chi connectivity index (χ1n) is 10.5. The molecule has 3 rings (SSSR count). The molecule has 33 heavy (non-hydrogen) atoms. The third-order valence-corrected chi connectivity index (χ3v) is 5.52. The van der Waals surface area contributed by atoms with Crippen LogP contribution in [0.1, 0.15) is 27.5 Å². The van der Waals surface area contributed by atoms with Crippen molar-refractivity contribution in [3.63, 3.8) is 0 Å². The molecule has 0 fully saturated rings. The molecule has 3 aromatic carbocycles. The number of aliphatic hydroxyl groups excluding tert-OH is 1. The number of ether oxygens (including phenoxy) is 2. The molecule has 0 aliphatic carbocycles. The molecule has 1 unspecified atom stereocenters. The van der Waals surface area contributed by atoms with Gasteiger partial charge in [0.25, 0.3) is 5.91 Å². The smallest absolute Gasteiger partial charge is 0.254 e. The largest absolute Gasteiger partial charge is 0.394 e. The molecule has 0 saturated carbocycles. The molecule has 3 aromatic rings. The van der Waals surface area contributed by atoms with Crippen LogP contribution in [0.5, 0.6) is 0 Å². The number of benzene rings is 3. The van der Waals surface area contributed by atoms with E-state index in [1.54, 1.807) is 47.4 Å². The predicted octanol–water partition coefficient (Wildman–Crippen LogP) is 5.78. The summed E-state index contributed by atoms with van der Waals surface area (Å²) in [7, 11) is 1.53. The fourth-order valence-electron chi connectivity index (χ4n) is 3.09. The maximum absolute atomic E-state index is 13.0. The normalized spacial score (nSPS) is 11.3. The molecule has 0 aliphatic rings. The summed E-state index contributed by atoms with van der Waals surface area (Å²) in [5.74, 6) is -0.211. The zero-order valence-corrected chi connectivity index (χ0v) is 20.3. The zero-order valence-electron chi connectivity index (χ0n) is 18.8. The quantitative estimate of drug-likeness (QED) is 0.305. The van der Waals surface area contributed by atoms with Crippen LogP contribution in [-0.4, -0.2) is 49.6 Å². The van der Waals surface area contributed by atoms with Crippen molar-refractivity contribution < 1.29 is 19.4 Å². The van der Waals surface area contributed by atoms with Crippen LogP contribution in [0.4, 0.5) is 0 Å². The van der Waals surface area contributed by atoms with E-state index in [9.17, 15) is 9.90 Å². The fraction of sp³-hybridized carbons (Fsp3) is 0.269. The van der Waals surface area contributed by atoms with Crippen LogP contribution >= 0.6 is 23.2 Å². The van der Waals surface area contributed by atoms with Crippen LogP contribution in [0.25, 0.3) is 0 Å². The number of halogens is 2. The fourth-order valence-corrected chi connectivity index (χ4v) is 3.40. The summed E-state index contributed by atoms with van der Waals surface area (Å²) >= 11 is 12.1. The maximum atomic E-state index is 13.0. The summed E-state index contributed by atoms with van der Waals surface area (Å²) in [5, 5.41) is 10.8. The van der Waals surface area contributed by atoms with Crippen molar-refractivity contribution in [1.29, 1.82) is 0 Å². The van der Waals surface area contributed by atoms with Gasteiger partial charge < -0.3 is 19.5 Å². The molecule has 0 aliphatic heterocycles. The lowest BCUT2D eigenvalue weighted by molar-refractivity contribution is -0.0388. The predicted molar refractivity (Wildman–Crippen MR) is 133 cm³/mol. The number of amides is 1. The number of methoxy groups -OCH3 is 1. The molecule has 0 aromatic heterocycles. The first-order valence-corrected chi connectivity index (χ1v) is 11.2. The van der Waals surface area contributed by atoms with Crippen molar-refractivity contribution in [2.75, 3.05) is 33.7 Å². The van der Waals surface area contributed by atoms with Gasteiger partial charge in [0, 0.05) is 19.2 Å². The average Bonchev–Trinajstić information content (AvgIpc) is 2.84. The van der Waals surface area contributed by atoms with Gasteiger partial charge >= 0.3 is 0 Å². The topological polar surface area (TPSA) is 59.0 Å². The van der Waals surface area contributed by atoms with E-state index in [1.165, 1.54) is 12.7 Å². The summed E-state index contributed by atoms with van der Waals surface area (Å²) < 4.78 is 10.2. The monoisotopic (exact) mass is 489 g/mol. The first-order chi connectivity index (χ1) is 16.0. The third-order valence-electron chi connectivity index (χ3n) is 4.78. The standard InChI is InChI=1S/C19H21Cl2NO4.C7H8/c1-25-13-26-10-9-22(19(24)14-5-3-2-4-6-14)18(12-23)15-7-8-16(20)17(21)11-15;1-7-5-3-2-4-6-7/h2-8,11,18,23H,9-10,12-13H2,1H3;2-6H,1H3. The third kappa shape index (κ3) is 8.80. The Labute approximate surface area is 205 Å². The highest BCUT2D eigenvalue weighted by Gasteiger charge is 2.26. The summed E-state index contributed by atoms with van der Waals surface area (Å²) in [6.45, 7) is 2.50. The summed E-state index contributed by atoms with van der Waals surface area (Å²) in [5.41, 5.74) is 2.54. The number of hydrogen-bond acceptors (Lipinski definition) is 4. The van der Waals surface area contributed by atoms with Crippen LogP contribution in [0.15, 0.2) is 78.9 Å². The number of aryl methyl sites for hydroxylation is 1. The van der Waals surface area contributed by atoms with E-state index < -0.39 is 6.04 Å². The van der Waals surface area contributed by atoms with E-state index in [0.717, 1.165) is 0 Å². The Balaban J connectivity index is 0.000000468. The lowest BCUT2D eigenvalue weighted by Gasteiger charge is -2.31. The Kier molecular flexibility index (Phi) is 11.9. The molecule has 1 amide bonds. The minimum atomic E-state index is -0.580. The number of hydrogen-bond donors (Lipinski definition) is 1. The van der Waals surface area contributed by atoms with Crippen LogP contribution in [0, 0.1) is 6.92 Å². The van der Waals surface area contributed by atoms with Gasteiger partial charge in [-0.15, -0.1) is 0 Å². The molecule has 0 saturated heterocycles. The van der Waals surface area contributed by atoms with E-state index >= 15 is 0 Å². The molecule has 0 radical (unpaired) electrons. The summed E-state index contributed by atoms with van der Waals surface area (Å²) in [6, 6.07) is 23.6. The van der Waals surface area contributed by atoms with Crippen molar-refractivity contribution in [2.24, 2.45) is 0 Å². The van der Waals surface area contributed by atoms with Crippen LogP contribution in [0.3, 0.4) is 0 Å². The molecule has 0 spiro atoms. The van der Waals surface area contributed by atoms with Crippen LogP contribution < -0.4 is 0 Å². The van der Waals surface area contributed by atoms with Crippen molar-refractivity contribution in [3.8, 4) is 0 Å². The summed E-state index contributed by atoms with van der Waals surface area (Å²) in [4.78, 5) is 14.6. The maximum Gasteiger partial charge on any atom is 0.254 e. The molecule has 0 heterocycles. The second kappa shape index (κ2) is 14.7. The lowest BCUT2D eigenvalue weighted by Crippen LogP contribution is -2.39. The molecule has 1 atom stereocenters. The number of rotatable bonds is 9. The highest BCUT2D eigenvalue weighted by molar-refractivity contribution is 6.42. The van der Waals surface area contributed by atoms with Crippen molar-refractivity contribution in [1.82, 2.24) is 4.90 Å². The molecule has 0 bridgehead atoms. The first kappa shape index (κ1) is 26.8. The van der Waals surface area contributed by atoms with Crippen molar-refractivity contribution >= 4 is 29.1 Å². The van der Waals surface area contributed by atoms with Gasteiger partial charge in [0.05, 0.1) is 29.3 Å². The minimum absolute atomic E-state index is 0.129. The van der Waals surface area contributed by atoms with E-state index in [-0.39, 0.29) is 32.5 Å². The van der Waals surface area contributed by atoms with Crippen LogP contribution in [0.2, 0.25) is 10.0 Å². The van der Waals surface area contributed by atoms with Gasteiger partial charge in [0.15, 0.2) is 0 Å². The zero-order chi connectivity index (χ0) is 24.1. The molecule has 176 valence electrons. The highest BCUT2D eigenvalue weighted by atomic mass is 35.5. The van der Waals surface area contributed by atoms with Gasteiger partial charge in [-0.3, -0.25) is 4.79 Å². The van der Waals surface area contributed by atoms with Gasteiger partial charge in [-0.05, 0) is 36.8 Å². The lowest BCUT2D eigenvalue weighted by atomic mass is 10.0. The van der Waals surface area contributed by atoms with Crippen LogP contribution in [-0.2, 0) is 9.47 Å². The van der Waals surface area contributed by atoms with Gasteiger partial charge in [-0.2, -0.15) is 0 Å². The average molecular weight is 490 g/mol. The summed E-state index contributed by atoms with van der Waals surface area (Å²) in [6.07, 6.45) is 0. The van der Waals surface area contributed by atoms with Gasteiger partial charge in [0.1, 0.15) is 6.79 Å². The second-order valence-electron chi connectivity index (χ2n) is 7.21. The number of carbonyl (C=O) groups excluding carboxylic acids is 1. The Hall–Kier alpha value is -2.41. The molecular weight excluding hydrogens is 461 g/mol. The Bertz CT molecular complexity index is 971. The van der Waals surface area contributed by atoms with E-state index in [0.29, 0.717) is 21.2 Å². The van der Waals surface area contributed by atoms with Crippen molar-refractivity contribution in [3.05, 3.63) is 106 Å². The number of aliphatic hydroxyl groups is 1. The van der Waals surface area contributed by atoms with E-state index in [1.807, 2.05) is 24.3 Å². The molecule has 5 nitrogen and oxygen atoms in total. The number of nitrogens with zero attached hydrogens (tertiary/aromatic N) is 1. The Morgan fingerprint density at radius 2 is 1.61 bits per heavy atom. The van der Waals surface area contributed by atoms with Gasteiger partial charge in [0.2, 0.25) is 0 Å². The highest BCUT2D eigenvalue weighted by Crippen LogP contribution is 2.29. The molecular formula is C26H29Cl2NO4. The SMILES string of the molecule is COCOCCN(C(=O)c1ccccc1)C(CO)c1ccc(Cl)c(Cl)c1.Cc1ccccc1. The Morgan fingerprint density at radius 1 is 0.970 bits per heavy atom. The van der Waals surface area contributed by atoms with Gasteiger partial charge in [-0.1, -0.05) is 83.4 Å². The molecule has 7 heteroatoms. The van der Waals surface area contributed by atoms with Gasteiger partial charge in [-0.25, -0.2) is 0 Å². The number of carbonyl (C=O) groups is 1. The van der Waals surface area contributed by atoms with Crippen molar-refractivity contribution in [2.45, 2.75) is 13.0 Å². The van der Waals surface area contributed by atoms with E-state index in [4.69, 9.17) is 32.7 Å². The second-order valence-corrected chi connectivity index (χ2v) is 8.02. The Morgan fingerprint density at radius 3 is 2.12 bits per heavy atom.